The zero-order chi connectivity index (χ0) is 13.0. The molecule has 0 radical (unpaired) electrons. The summed E-state index contributed by atoms with van der Waals surface area (Å²) in [6.07, 6.45) is 2.09. The number of carbonyl (C=O) groups is 1. The Balaban J connectivity index is 1.81. The van der Waals surface area contributed by atoms with Crippen molar-refractivity contribution >= 4 is 11.6 Å². The van der Waals surface area contributed by atoms with E-state index in [4.69, 9.17) is 10.5 Å². The van der Waals surface area contributed by atoms with Gasteiger partial charge in [-0.15, -0.1) is 0 Å². The van der Waals surface area contributed by atoms with E-state index in [9.17, 15) is 4.79 Å². The summed E-state index contributed by atoms with van der Waals surface area (Å²) >= 11 is 0. The summed E-state index contributed by atoms with van der Waals surface area (Å²) in [5.74, 6) is 0.565. The predicted molar refractivity (Wildman–Crippen MR) is 71.5 cm³/mol. The van der Waals surface area contributed by atoms with E-state index in [0.29, 0.717) is 18.0 Å². The molecule has 0 aliphatic carbocycles. The molecular formula is C14H20N2O2. The van der Waals surface area contributed by atoms with Gasteiger partial charge in [-0.25, -0.2) is 0 Å². The molecule has 1 amide bonds. The lowest BCUT2D eigenvalue weighted by molar-refractivity contribution is 0.0950. The predicted octanol–water partition coefficient (Wildman–Crippen LogP) is 1.73. The average Bonchev–Trinajstić information content (AvgIpc) is 2.85. The Labute approximate surface area is 108 Å². The lowest BCUT2D eigenvalue weighted by atomic mass is 10.1. The first-order chi connectivity index (χ1) is 8.66. The molecule has 1 aliphatic heterocycles. The molecule has 0 aromatic heterocycles. The van der Waals surface area contributed by atoms with Crippen LogP contribution < -0.4 is 11.1 Å². The number of hydrogen-bond donors (Lipinski definition) is 2. The van der Waals surface area contributed by atoms with E-state index in [0.717, 1.165) is 37.3 Å². The molecule has 2 rings (SSSR count). The van der Waals surface area contributed by atoms with Crippen molar-refractivity contribution in [2.24, 2.45) is 5.92 Å². The van der Waals surface area contributed by atoms with Crippen molar-refractivity contribution in [3.8, 4) is 0 Å². The highest BCUT2D eigenvalue weighted by Gasteiger charge is 2.15. The number of nitrogens with one attached hydrogen (secondary N) is 1. The van der Waals surface area contributed by atoms with Gasteiger partial charge in [-0.1, -0.05) is 0 Å². The summed E-state index contributed by atoms with van der Waals surface area (Å²) in [4.78, 5) is 11.9. The molecule has 1 unspecified atom stereocenters. The second-order valence-corrected chi connectivity index (χ2v) is 4.85. The summed E-state index contributed by atoms with van der Waals surface area (Å²) in [7, 11) is 0. The Kier molecular flexibility index (Phi) is 4.20. The van der Waals surface area contributed by atoms with Crippen molar-refractivity contribution < 1.29 is 9.53 Å². The molecular weight excluding hydrogens is 228 g/mol. The third kappa shape index (κ3) is 3.23. The van der Waals surface area contributed by atoms with Crippen LogP contribution in [0.25, 0.3) is 0 Å². The zero-order valence-electron chi connectivity index (χ0n) is 10.7. The van der Waals surface area contributed by atoms with Gasteiger partial charge in [-0.3, -0.25) is 4.79 Å². The fourth-order valence-corrected chi connectivity index (χ4v) is 2.12. The second kappa shape index (κ2) is 5.87. The third-order valence-corrected chi connectivity index (χ3v) is 3.39. The van der Waals surface area contributed by atoms with Crippen molar-refractivity contribution in [2.75, 3.05) is 25.5 Å². The number of anilines is 1. The van der Waals surface area contributed by atoms with Crippen LogP contribution in [0.15, 0.2) is 18.2 Å². The summed E-state index contributed by atoms with van der Waals surface area (Å²) in [6, 6.07) is 5.36. The number of benzene rings is 1. The number of ether oxygens (including phenoxy) is 1. The minimum absolute atomic E-state index is 0.0305. The maximum absolute atomic E-state index is 11.9. The molecule has 1 aromatic carbocycles. The van der Waals surface area contributed by atoms with Gasteiger partial charge in [-0.05, 0) is 49.4 Å². The Morgan fingerprint density at radius 3 is 3.06 bits per heavy atom. The second-order valence-electron chi connectivity index (χ2n) is 4.85. The maximum Gasteiger partial charge on any atom is 0.251 e. The average molecular weight is 248 g/mol. The van der Waals surface area contributed by atoms with Crippen LogP contribution in [0, 0.1) is 12.8 Å². The van der Waals surface area contributed by atoms with Crippen LogP contribution in [0.3, 0.4) is 0 Å². The summed E-state index contributed by atoms with van der Waals surface area (Å²) in [5.41, 5.74) is 8.05. The Morgan fingerprint density at radius 1 is 1.56 bits per heavy atom. The fraction of sp³-hybridized carbons (Fsp3) is 0.500. The molecule has 1 atom stereocenters. The van der Waals surface area contributed by atoms with Crippen molar-refractivity contribution in [3.05, 3.63) is 29.3 Å². The standard InChI is InChI=1S/C14H20N2O2/c1-10-8-12(2-3-13(10)15)14(17)16-6-4-11-5-7-18-9-11/h2-3,8,11H,4-7,9,15H2,1H3,(H,16,17). The molecule has 1 aliphatic rings. The van der Waals surface area contributed by atoms with Gasteiger partial charge in [-0.2, -0.15) is 0 Å². The van der Waals surface area contributed by atoms with Gasteiger partial charge in [0.1, 0.15) is 0 Å². The minimum Gasteiger partial charge on any atom is -0.399 e. The lowest BCUT2D eigenvalue weighted by Crippen LogP contribution is -2.26. The van der Waals surface area contributed by atoms with Gasteiger partial charge in [0.15, 0.2) is 0 Å². The molecule has 4 nitrogen and oxygen atoms in total. The van der Waals surface area contributed by atoms with Gasteiger partial charge in [0.25, 0.3) is 5.91 Å². The molecule has 18 heavy (non-hydrogen) atoms. The van der Waals surface area contributed by atoms with Gasteiger partial charge in [0.2, 0.25) is 0 Å². The summed E-state index contributed by atoms with van der Waals surface area (Å²) in [6.45, 7) is 4.30. The van der Waals surface area contributed by atoms with Crippen LogP contribution in [-0.2, 0) is 4.74 Å². The topological polar surface area (TPSA) is 64.3 Å². The van der Waals surface area contributed by atoms with Crippen LogP contribution in [0.2, 0.25) is 0 Å². The first-order valence-corrected chi connectivity index (χ1v) is 6.39. The van der Waals surface area contributed by atoms with Crippen molar-refractivity contribution in [3.63, 3.8) is 0 Å². The molecule has 1 heterocycles. The highest BCUT2D eigenvalue weighted by atomic mass is 16.5. The highest BCUT2D eigenvalue weighted by Crippen LogP contribution is 2.16. The Bertz CT molecular complexity index is 426. The van der Waals surface area contributed by atoms with Crippen LogP contribution in [-0.4, -0.2) is 25.7 Å². The number of nitrogen functional groups attached to an aromatic ring is 1. The van der Waals surface area contributed by atoms with E-state index in [2.05, 4.69) is 5.32 Å². The van der Waals surface area contributed by atoms with Crippen LogP contribution in [0.5, 0.6) is 0 Å². The first-order valence-electron chi connectivity index (χ1n) is 6.39. The van der Waals surface area contributed by atoms with Gasteiger partial charge < -0.3 is 15.8 Å². The number of nitrogens with two attached hydrogens (primary N) is 1. The van der Waals surface area contributed by atoms with Crippen LogP contribution in [0.1, 0.15) is 28.8 Å². The highest BCUT2D eigenvalue weighted by molar-refractivity contribution is 5.94. The summed E-state index contributed by atoms with van der Waals surface area (Å²) < 4.78 is 5.30. The number of aryl methyl sites for hydroxylation is 1. The van der Waals surface area contributed by atoms with Crippen molar-refractivity contribution in [1.82, 2.24) is 5.32 Å². The normalized spacial score (nSPS) is 18.8. The van der Waals surface area contributed by atoms with Crippen molar-refractivity contribution in [1.29, 1.82) is 0 Å². The molecule has 98 valence electrons. The van der Waals surface area contributed by atoms with E-state index in [1.54, 1.807) is 12.1 Å². The fourth-order valence-electron chi connectivity index (χ4n) is 2.12. The van der Waals surface area contributed by atoms with E-state index >= 15 is 0 Å². The quantitative estimate of drug-likeness (QED) is 0.798. The molecule has 0 spiro atoms. The molecule has 1 saturated heterocycles. The van der Waals surface area contributed by atoms with Crippen LogP contribution >= 0.6 is 0 Å². The van der Waals surface area contributed by atoms with E-state index in [-0.39, 0.29) is 5.91 Å². The van der Waals surface area contributed by atoms with Crippen LogP contribution in [0.4, 0.5) is 5.69 Å². The van der Waals surface area contributed by atoms with Gasteiger partial charge >= 0.3 is 0 Å². The lowest BCUT2D eigenvalue weighted by Gasteiger charge is -2.09. The van der Waals surface area contributed by atoms with Crippen molar-refractivity contribution in [2.45, 2.75) is 19.8 Å². The number of carbonyl (C=O) groups excluding carboxylic acids is 1. The summed E-state index contributed by atoms with van der Waals surface area (Å²) in [5, 5.41) is 2.94. The Hall–Kier alpha value is -1.55. The van der Waals surface area contributed by atoms with Gasteiger partial charge in [0.05, 0.1) is 0 Å². The maximum atomic E-state index is 11.9. The number of hydrogen-bond acceptors (Lipinski definition) is 3. The minimum atomic E-state index is -0.0305. The van der Waals surface area contributed by atoms with E-state index in [1.807, 2.05) is 13.0 Å². The number of rotatable bonds is 4. The van der Waals surface area contributed by atoms with Gasteiger partial charge in [0, 0.05) is 31.0 Å². The SMILES string of the molecule is Cc1cc(C(=O)NCCC2CCOC2)ccc1N. The molecule has 4 heteroatoms. The molecule has 0 saturated carbocycles. The largest absolute Gasteiger partial charge is 0.399 e. The molecule has 1 fully saturated rings. The third-order valence-electron chi connectivity index (χ3n) is 3.39. The smallest absolute Gasteiger partial charge is 0.251 e. The Morgan fingerprint density at radius 2 is 2.39 bits per heavy atom. The molecule has 3 N–H and O–H groups in total. The van der Waals surface area contributed by atoms with E-state index in [1.165, 1.54) is 0 Å². The number of amides is 1. The first kappa shape index (κ1) is 12.9. The monoisotopic (exact) mass is 248 g/mol. The zero-order valence-corrected chi connectivity index (χ0v) is 10.7. The molecule has 0 bridgehead atoms. The van der Waals surface area contributed by atoms with E-state index < -0.39 is 0 Å². The molecule has 1 aromatic rings.